The van der Waals surface area contributed by atoms with Gasteiger partial charge in [-0.1, -0.05) is 27.2 Å². The summed E-state index contributed by atoms with van der Waals surface area (Å²) in [4.78, 5) is 4.23. The van der Waals surface area contributed by atoms with Crippen molar-refractivity contribution < 1.29 is 9.84 Å². The van der Waals surface area contributed by atoms with Gasteiger partial charge in [0.1, 0.15) is 5.75 Å². The first-order valence-corrected chi connectivity index (χ1v) is 7.37. The fraction of sp³-hybridized carbons (Fsp3) is 0.688. The molecule has 3 unspecified atom stereocenters. The van der Waals surface area contributed by atoms with Gasteiger partial charge < -0.3 is 9.84 Å². The molecule has 19 heavy (non-hydrogen) atoms. The highest BCUT2D eigenvalue weighted by Crippen LogP contribution is 2.44. The van der Waals surface area contributed by atoms with Gasteiger partial charge in [-0.05, 0) is 37.2 Å². The third kappa shape index (κ3) is 3.08. The molecule has 3 atom stereocenters. The van der Waals surface area contributed by atoms with Crippen LogP contribution in [0.15, 0.2) is 18.5 Å². The quantitative estimate of drug-likeness (QED) is 0.904. The standard InChI is InChI=1S/C16H25NO2/c1-4-7-19-15-8-14(10-17-11-15)16(18)9-12(2)5-6-13(16)3/h8,10-13,18H,4-7,9H2,1-3H3. The predicted molar refractivity (Wildman–Crippen MR) is 76.1 cm³/mol. The number of hydrogen-bond acceptors (Lipinski definition) is 3. The average molecular weight is 263 g/mol. The second kappa shape index (κ2) is 5.91. The molecule has 0 spiro atoms. The van der Waals surface area contributed by atoms with Gasteiger partial charge in [0.15, 0.2) is 0 Å². The van der Waals surface area contributed by atoms with E-state index in [9.17, 15) is 5.11 Å². The van der Waals surface area contributed by atoms with Crippen molar-refractivity contribution in [3.63, 3.8) is 0 Å². The van der Waals surface area contributed by atoms with E-state index in [4.69, 9.17) is 4.74 Å². The Balaban J connectivity index is 2.23. The Hall–Kier alpha value is -1.09. The third-order valence-corrected chi connectivity index (χ3v) is 4.25. The number of rotatable bonds is 4. The van der Waals surface area contributed by atoms with Crippen molar-refractivity contribution in [2.75, 3.05) is 6.61 Å². The van der Waals surface area contributed by atoms with Crippen LogP contribution in [-0.4, -0.2) is 16.7 Å². The summed E-state index contributed by atoms with van der Waals surface area (Å²) in [6.45, 7) is 7.11. The number of aliphatic hydroxyl groups is 1. The molecule has 0 bridgehead atoms. The van der Waals surface area contributed by atoms with Gasteiger partial charge in [-0.15, -0.1) is 0 Å². The molecule has 3 nitrogen and oxygen atoms in total. The van der Waals surface area contributed by atoms with Crippen molar-refractivity contribution in [1.29, 1.82) is 0 Å². The van der Waals surface area contributed by atoms with E-state index in [1.165, 1.54) is 6.42 Å². The largest absolute Gasteiger partial charge is 0.492 e. The maximum absolute atomic E-state index is 11.0. The summed E-state index contributed by atoms with van der Waals surface area (Å²) in [5.41, 5.74) is 0.149. The fourth-order valence-electron chi connectivity index (χ4n) is 2.96. The number of ether oxygens (including phenoxy) is 1. The highest BCUT2D eigenvalue weighted by molar-refractivity contribution is 5.29. The Morgan fingerprint density at radius 2 is 2.16 bits per heavy atom. The Morgan fingerprint density at radius 1 is 1.37 bits per heavy atom. The summed E-state index contributed by atoms with van der Waals surface area (Å²) in [6.07, 6.45) is 7.56. The van der Waals surface area contributed by atoms with Crippen LogP contribution in [0.3, 0.4) is 0 Å². The molecule has 0 saturated heterocycles. The first kappa shape index (κ1) is 14.3. The summed E-state index contributed by atoms with van der Waals surface area (Å²) < 4.78 is 5.62. The van der Waals surface area contributed by atoms with E-state index >= 15 is 0 Å². The Labute approximate surface area is 116 Å². The molecule has 0 radical (unpaired) electrons. The minimum absolute atomic E-state index is 0.270. The van der Waals surface area contributed by atoms with Gasteiger partial charge in [0.05, 0.1) is 18.4 Å². The van der Waals surface area contributed by atoms with Crippen LogP contribution in [0.4, 0.5) is 0 Å². The maximum atomic E-state index is 11.0. The molecule has 1 saturated carbocycles. The van der Waals surface area contributed by atoms with Crippen LogP contribution >= 0.6 is 0 Å². The van der Waals surface area contributed by atoms with Crippen LogP contribution in [0.2, 0.25) is 0 Å². The van der Waals surface area contributed by atoms with Crippen LogP contribution in [0, 0.1) is 11.8 Å². The number of aromatic nitrogens is 1. The van der Waals surface area contributed by atoms with Crippen molar-refractivity contribution in [2.24, 2.45) is 11.8 Å². The number of pyridine rings is 1. The molecule has 1 aromatic heterocycles. The highest BCUT2D eigenvalue weighted by Gasteiger charge is 2.40. The molecule has 1 N–H and O–H groups in total. The van der Waals surface area contributed by atoms with E-state index in [0.717, 1.165) is 30.6 Å². The van der Waals surface area contributed by atoms with Crippen LogP contribution in [0.25, 0.3) is 0 Å². The second-order valence-electron chi connectivity index (χ2n) is 5.97. The van der Waals surface area contributed by atoms with Crippen molar-refractivity contribution in [3.05, 3.63) is 24.0 Å². The Bertz CT molecular complexity index is 421. The maximum Gasteiger partial charge on any atom is 0.137 e. The highest BCUT2D eigenvalue weighted by atomic mass is 16.5. The third-order valence-electron chi connectivity index (χ3n) is 4.25. The molecule has 0 aromatic carbocycles. The zero-order valence-corrected chi connectivity index (χ0v) is 12.2. The summed E-state index contributed by atoms with van der Waals surface area (Å²) in [6, 6.07) is 1.96. The summed E-state index contributed by atoms with van der Waals surface area (Å²) >= 11 is 0. The molecule has 0 aliphatic heterocycles. The van der Waals surface area contributed by atoms with E-state index in [-0.39, 0.29) is 5.92 Å². The van der Waals surface area contributed by atoms with Gasteiger partial charge in [0.2, 0.25) is 0 Å². The smallest absolute Gasteiger partial charge is 0.137 e. The summed E-state index contributed by atoms with van der Waals surface area (Å²) in [5, 5.41) is 11.0. The van der Waals surface area contributed by atoms with Gasteiger partial charge in [0.25, 0.3) is 0 Å². The van der Waals surface area contributed by atoms with Gasteiger partial charge in [0, 0.05) is 11.8 Å². The molecular formula is C16H25NO2. The lowest BCUT2D eigenvalue weighted by Crippen LogP contribution is -2.39. The van der Waals surface area contributed by atoms with E-state index in [1.807, 2.05) is 6.07 Å². The molecule has 1 aliphatic carbocycles. The zero-order chi connectivity index (χ0) is 13.9. The molecule has 106 valence electrons. The van der Waals surface area contributed by atoms with Crippen molar-refractivity contribution in [2.45, 2.75) is 52.1 Å². The van der Waals surface area contributed by atoms with E-state index in [1.54, 1.807) is 12.4 Å². The van der Waals surface area contributed by atoms with Gasteiger partial charge in [-0.2, -0.15) is 0 Å². The first-order chi connectivity index (χ1) is 9.06. The predicted octanol–water partition coefficient (Wildman–Crippen LogP) is 3.51. The molecule has 1 aliphatic rings. The summed E-state index contributed by atoms with van der Waals surface area (Å²) in [5.74, 6) is 1.59. The van der Waals surface area contributed by atoms with E-state index in [0.29, 0.717) is 12.5 Å². The van der Waals surface area contributed by atoms with Gasteiger partial charge >= 0.3 is 0 Å². The van der Waals surface area contributed by atoms with E-state index in [2.05, 4.69) is 25.8 Å². The molecule has 0 amide bonds. The molecule has 1 heterocycles. The molecule has 3 heteroatoms. The van der Waals surface area contributed by atoms with Crippen molar-refractivity contribution in [1.82, 2.24) is 4.98 Å². The lowest BCUT2D eigenvalue weighted by atomic mass is 9.69. The van der Waals surface area contributed by atoms with Crippen LogP contribution in [0.1, 0.15) is 52.0 Å². The minimum Gasteiger partial charge on any atom is -0.492 e. The molecule has 1 fully saturated rings. The zero-order valence-electron chi connectivity index (χ0n) is 12.2. The van der Waals surface area contributed by atoms with Crippen LogP contribution < -0.4 is 4.74 Å². The van der Waals surface area contributed by atoms with Gasteiger partial charge in [-0.3, -0.25) is 4.98 Å². The van der Waals surface area contributed by atoms with Crippen LogP contribution in [-0.2, 0) is 5.60 Å². The van der Waals surface area contributed by atoms with Gasteiger partial charge in [-0.25, -0.2) is 0 Å². The Kier molecular flexibility index (Phi) is 4.46. The first-order valence-electron chi connectivity index (χ1n) is 7.37. The van der Waals surface area contributed by atoms with Crippen molar-refractivity contribution in [3.8, 4) is 5.75 Å². The average Bonchev–Trinajstić information content (AvgIpc) is 2.41. The normalized spacial score (nSPS) is 31.2. The second-order valence-corrected chi connectivity index (χ2v) is 5.97. The monoisotopic (exact) mass is 263 g/mol. The topological polar surface area (TPSA) is 42.4 Å². The molecular weight excluding hydrogens is 238 g/mol. The molecule has 1 aromatic rings. The SMILES string of the molecule is CCCOc1cncc(C2(O)CC(C)CCC2C)c1. The Morgan fingerprint density at radius 3 is 2.89 bits per heavy atom. The number of hydrogen-bond donors (Lipinski definition) is 1. The lowest BCUT2D eigenvalue weighted by molar-refractivity contribution is -0.0631. The number of nitrogens with zero attached hydrogens (tertiary/aromatic N) is 1. The fourth-order valence-corrected chi connectivity index (χ4v) is 2.96. The van der Waals surface area contributed by atoms with Crippen molar-refractivity contribution >= 4 is 0 Å². The van der Waals surface area contributed by atoms with Crippen LogP contribution in [0.5, 0.6) is 5.75 Å². The summed E-state index contributed by atoms with van der Waals surface area (Å²) in [7, 11) is 0. The van der Waals surface area contributed by atoms with E-state index < -0.39 is 5.60 Å². The lowest BCUT2D eigenvalue weighted by Gasteiger charge is -2.41. The molecule has 2 rings (SSSR count). The minimum atomic E-state index is -0.754.